The van der Waals surface area contributed by atoms with Crippen LogP contribution in [0, 0.1) is 6.92 Å². The minimum absolute atomic E-state index is 0.337. The van der Waals surface area contributed by atoms with E-state index >= 15 is 0 Å². The minimum atomic E-state index is 0.337. The molecule has 1 heterocycles. The number of aromatic nitrogens is 1. The van der Waals surface area contributed by atoms with Crippen molar-refractivity contribution in [1.82, 2.24) is 4.98 Å². The lowest BCUT2D eigenvalue weighted by Gasteiger charge is -1.97. The highest BCUT2D eigenvalue weighted by molar-refractivity contribution is 5.58. The molecule has 15 heavy (non-hydrogen) atoms. The molecule has 0 saturated heterocycles. The number of hydrogen-bond acceptors (Lipinski definition) is 2. The summed E-state index contributed by atoms with van der Waals surface area (Å²) in [6, 6.07) is 8.30. The molecule has 0 fully saturated rings. The Morgan fingerprint density at radius 2 is 1.80 bits per heavy atom. The van der Waals surface area contributed by atoms with Gasteiger partial charge in [0.25, 0.3) is 0 Å². The van der Waals surface area contributed by atoms with Gasteiger partial charge in [0.2, 0.25) is 0 Å². The highest BCUT2D eigenvalue weighted by Gasteiger charge is 2.08. The highest BCUT2D eigenvalue weighted by Crippen LogP contribution is 2.22. The van der Waals surface area contributed by atoms with Crippen LogP contribution >= 0.6 is 0 Å². The second-order valence-corrected chi connectivity index (χ2v) is 4.09. The average molecular weight is 201 g/mol. The van der Waals surface area contributed by atoms with Crippen molar-refractivity contribution in [2.24, 2.45) is 0 Å². The summed E-state index contributed by atoms with van der Waals surface area (Å²) in [6.07, 6.45) is 1.72. The maximum atomic E-state index is 5.40. The molecule has 2 nitrogen and oxygen atoms in total. The van der Waals surface area contributed by atoms with E-state index in [0.717, 1.165) is 17.1 Å². The van der Waals surface area contributed by atoms with Gasteiger partial charge in [-0.1, -0.05) is 43.7 Å². The van der Waals surface area contributed by atoms with Gasteiger partial charge in [0.05, 0.1) is 0 Å². The number of benzene rings is 1. The van der Waals surface area contributed by atoms with E-state index in [4.69, 9.17) is 4.42 Å². The predicted octanol–water partition coefficient (Wildman–Crippen LogP) is 3.77. The minimum Gasteiger partial charge on any atom is -0.448 e. The molecule has 0 amide bonds. The zero-order valence-electron chi connectivity index (χ0n) is 9.32. The van der Waals surface area contributed by atoms with Gasteiger partial charge in [0.1, 0.15) is 12.0 Å². The summed E-state index contributed by atoms with van der Waals surface area (Å²) in [7, 11) is 0. The molecular formula is C13H15NO. The molecule has 0 unspecified atom stereocenters. The molecule has 0 aliphatic heterocycles. The van der Waals surface area contributed by atoms with Gasteiger partial charge in [-0.05, 0) is 6.92 Å². The van der Waals surface area contributed by atoms with Crippen LogP contribution < -0.4 is 0 Å². The lowest BCUT2D eigenvalue weighted by atomic mass is 10.1. The fraction of sp³-hybridized carbons (Fsp3) is 0.308. The summed E-state index contributed by atoms with van der Waals surface area (Å²) in [5, 5.41) is 0. The van der Waals surface area contributed by atoms with Crippen LogP contribution in [0.3, 0.4) is 0 Å². The van der Waals surface area contributed by atoms with E-state index < -0.39 is 0 Å². The van der Waals surface area contributed by atoms with Crippen LogP contribution in [0.4, 0.5) is 0 Å². The van der Waals surface area contributed by atoms with Crippen LogP contribution in [0.1, 0.15) is 31.2 Å². The highest BCUT2D eigenvalue weighted by atomic mass is 16.3. The molecule has 0 bridgehead atoms. The van der Waals surface area contributed by atoms with E-state index in [1.165, 1.54) is 5.56 Å². The summed E-state index contributed by atoms with van der Waals surface area (Å²) in [5.41, 5.74) is 3.28. The van der Waals surface area contributed by atoms with Crippen LogP contribution in [0.25, 0.3) is 11.3 Å². The van der Waals surface area contributed by atoms with Crippen molar-refractivity contribution in [3.05, 3.63) is 42.0 Å². The standard InChI is InChI=1S/C13H15NO/c1-9(2)13-14-12(8-15-13)11-6-4-10(3)5-7-11/h4-9H,1-3H3. The fourth-order valence-electron chi connectivity index (χ4n) is 1.41. The molecule has 0 spiro atoms. The number of hydrogen-bond donors (Lipinski definition) is 0. The van der Waals surface area contributed by atoms with E-state index in [0.29, 0.717) is 5.92 Å². The molecule has 78 valence electrons. The fourth-order valence-corrected chi connectivity index (χ4v) is 1.41. The van der Waals surface area contributed by atoms with Gasteiger partial charge in [-0.2, -0.15) is 0 Å². The maximum absolute atomic E-state index is 5.40. The molecule has 2 aromatic rings. The SMILES string of the molecule is Cc1ccc(-c2coc(C(C)C)n2)cc1. The maximum Gasteiger partial charge on any atom is 0.197 e. The van der Waals surface area contributed by atoms with E-state index in [1.54, 1.807) is 6.26 Å². The van der Waals surface area contributed by atoms with Crippen molar-refractivity contribution in [2.75, 3.05) is 0 Å². The van der Waals surface area contributed by atoms with Gasteiger partial charge in [-0.25, -0.2) is 4.98 Å². The first-order chi connectivity index (χ1) is 7.16. The second kappa shape index (κ2) is 3.89. The van der Waals surface area contributed by atoms with Crippen molar-refractivity contribution in [3.8, 4) is 11.3 Å². The van der Waals surface area contributed by atoms with Crippen LogP contribution in [-0.4, -0.2) is 4.98 Å². The third-order valence-corrected chi connectivity index (χ3v) is 2.36. The van der Waals surface area contributed by atoms with Crippen LogP contribution in [0.15, 0.2) is 34.9 Å². The van der Waals surface area contributed by atoms with Crippen molar-refractivity contribution >= 4 is 0 Å². The van der Waals surface area contributed by atoms with Crippen LogP contribution in [0.2, 0.25) is 0 Å². The van der Waals surface area contributed by atoms with Crippen molar-refractivity contribution in [3.63, 3.8) is 0 Å². The number of rotatable bonds is 2. The van der Waals surface area contributed by atoms with Crippen molar-refractivity contribution in [2.45, 2.75) is 26.7 Å². The van der Waals surface area contributed by atoms with Gasteiger partial charge in [0, 0.05) is 11.5 Å². The van der Waals surface area contributed by atoms with Gasteiger partial charge in [-0.15, -0.1) is 0 Å². The van der Waals surface area contributed by atoms with Crippen molar-refractivity contribution in [1.29, 1.82) is 0 Å². The van der Waals surface area contributed by atoms with Crippen molar-refractivity contribution < 1.29 is 4.42 Å². The van der Waals surface area contributed by atoms with E-state index in [-0.39, 0.29) is 0 Å². The number of nitrogens with zero attached hydrogens (tertiary/aromatic N) is 1. The lowest BCUT2D eigenvalue weighted by molar-refractivity contribution is 0.471. The topological polar surface area (TPSA) is 26.0 Å². The Morgan fingerprint density at radius 3 is 2.33 bits per heavy atom. The smallest absolute Gasteiger partial charge is 0.197 e. The predicted molar refractivity (Wildman–Crippen MR) is 60.8 cm³/mol. The molecule has 0 saturated carbocycles. The first kappa shape index (κ1) is 9.97. The molecule has 0 aliphatic rings. The monoisotopic (exact) mass is 201 g/mol. The second-order valence-electron chi connectivity index (χ2n) is 4.09. The number of aryl methyl sites for hydroxylation is 1. The van der Waals surface area contributed by atoms with Crippen LogP contribution in [-0.2, 0) is 0 Å². The first-order valence-corrected chi connectivity index (χ1v) is 5.19. The molecule has 0 atom stereocenters. The molecule has 2 rings (SSSR count). The Bertz CT molecular complexity index is 440. The largest absolute Gasteiger partial charge is 0.448 e. The summed E-state index contributed by atoms with van der Waals surface area (Å²) in [6.45, 7) is 6.22. The molecule has 0 aliphatic carbocycles. The zero-order chi connectivity index (χ0) is 10.8. The summed E-state index contributed by atoms with van der Waals surface area (Å²) < 4.78 is 5.40. The quantitative estimate of drug-likeness (QED) is 0.739. The zero-order valence-corrected chi connectivity index (χ0v) is 9.32. The average Bonchev–Trinajstić information content (AvgIpc) is 2.68. The van der Waals surface area contributed by atoms with Gasteiger partial charge < -0.3 is 4.42 Å². The summed E-state index contributed by atoms with van der Waals surface area (Å²) >= 11 is 0. The Balaban J connectivity index is 2.33. The van der Waals surface area contributed by atoms with Crippen LogP contribution in [0.5, 0.6) is 0 Å². The summed E-state index contributed by atoms with van der Waals surface area (Å²) in [4.78, 5) is 4.44. The lowest BCUT2D eigenvalue weighted by Crippen LogP contribution is -1.86. The molecule has 1 aromatic carbocycles. The van der Waals surface area contributed by atoms with Gasteiger partial charge >= 0.3 is 0 Å². The third-order valence-electron chi connectivity index (χ3n) is 2.36. The Morgan fingerprint density at radius 1 is 1.13 bits per heavy atom. The first-order valence-electron chi connectivity index (χ1n) is 5.19. The molecule has 2 heteroatoms. The Kier molecular flexibility index (Phi) is 2.58. The molecule has 0 radical (unpaired) electrons. The normalized spacial score (nSPS) is 10.9. The number of oxazole rings is 1. The summed E-state index contributed by atoms with van der Waals surface area (Å²) in [5.74, 6) is 1.13. The van der Waals surface area contributed by atoms with Gasteiger partial charge in [-0.3, -0.25) is 0 Å². The molecular weight excluding hydrogens is 186 g/mol. The van der Waals surface area contributed by atoms with E-state index in [1.807, 2.05) is 0 Å². The molecule has 0 N–H and O–H groups in total. The molecule has 1 aromatic heterocycles. The van der Waals surface area contributed by atoms with E-state index in [9.17, 15) is 0 Å². The Labute approximate surface area is 90.0 Å². The Hall–Kier alpha value is -1.57. The third kappa shape index (κ3) is 2.09. The van der Waals surface area contributed by atoms with Gasteiger partial charge in [0.15, 0.2) is 5.89 Å². The van der Waals surface area contributed by atoms with E-state index in [2.05, 4.69) is 50.0 Å².